The number of amides is 2. The van der Waals surface area contributed by atoms with Crippen molar-refractivity contribution in [2.75, 3.05) is 45.8 Å². The molecule has 10 aromatic carbocycles. The summed E-state index contributed by atoms with van der Waals surface area (Å²) in [6.07, 6.45) is 8.50. The molecule has 0 saturated carbocycles. The van der Waals surface area contributed by atoms with Crippen LogP contribution in [0.15, 0.2) is 218 Å². The first-order valence-electron chi connectivity index (χ1n) is 35.2. The molecule has 4 aliphatic heterocycles. The SMILES string of the molecule is CCCCN(CCCC)c1ccc2c(c1)Oc1cc(C)c(N(C(=O)c3ccccc3)c3ccc(C(C)(C)c4ccc(N(C(=O)c5ccccc5)c5cc6c(cc5C)Oc5cc(N(CCCC)CCCC)ccc5C65OC(=O)c6ccccc65)cc4)cc3)cc1C21OC(=O)c2ccccc21. The molecule has 4 heterocycles. The molecule has 99 heavy (non-hydrogen) atoms. The van der Waals surface area contributed by atoms with Gasteiger partial charge in [-0.25, -0.2) is 9.59 Å². The molecule has 2 unspecified atom stereocenters. The summed E-state index contributed by atoms with van der Waals surface area (Å²) in [5.74, 6) is 0.954. The van der Waals surface area contributed by atoms with E-state index in [4.69, 9.17) is 18.9 Å². The van der Waals surface area contributed by atoms with E-state index in [1.54, 1.807) is 9.80 Å². The maximum absolute atomic E-state index is 15.4. The molecule has 0 aromatic heterocycles. The number of nitrogens with zero attached hydrogens (tertiary/aromatic N) is 4. The lowest BCUT2D eigenvalue weighted by Gasteiger charge is -2.38. The first-order chi connectivity index (χ1) is 48.1. The number of benzene rings is 10. The van der Waals surface area contributed by atoms with Gasteiger partial charge < -0.3 is 28.7 Å². The van der Waals surface area contributed by atoms with E-state index in [0.717, 1.165) is 111 Å². The van der Waals surface area contributed by atoms with E-state index >= 15 is 9.59 Å². The van der Waals surface area contributed by atoms with Crippen molar-refractivity contribution in [3.63, 3.8) is 0 Å². The molecule has 2 spiro atoms. The van der Waals surface area contributed by atoms with Crippen LogP contribution < -0.4 is 29.1 Å². The molecule has 0 fully saturated rings. The van der Waals surface area contributed by atoms with Crippen molar-refractivity contribution < 1.29 is 38.1 Å². The number of carbonyl (C=O) groups is 4. The zero-order valence-electron chi connectivity index (χ0n) is 57.8. The lowest BCUT2D eigenvalue weighted by Crippen LogP contribution is -2.34. The highest BCUT2D eigenvalue weighted by molar-refractivity contribution is 6.13. The van der Waals surface area contributed by atoms with Crippen molar-refractivity contribution in [1.82, 2.24) is 0 Å². The van der Waals surface area contributed by atoms with Gasteiger partial charge in [-0.3, -0.25) is 19.4 Å². The van der Waals surface area contributed by atoms with Gasteiger partial charge >= 0.3 is 11.9 Å². The topological polar surface area (TPSA) is 118 Å². The minimum absolute atomic E-state index is 0.244. The van der Waals surface area contributed by atoms with Crippen LogP contribution >= 0.6 is 0 Å². The predicted octanol–water partition coefficient (Wildman–Crippen LogP) is 20.5. The second kappa shape index (κ2) is 26.9. The molecule has 0 saturated heterocycles. The van der Waals surface area contributed by atoms with Crippen molar-refractivity contribution in [2.45, 2.75) is 123 Å². The summed E-state index contributed by atoms with van der Waals surface area (Å²) >= 11 is 0. The molecule has 0 aliphatic carbocycles. The molecule has 12 heteroatoms. The monoisotopic (exact) mass is 1310 g/mol. The molecule has 0 N–H and O–H groups in total. The molecule has 0 radical (unpaired) electrons. The standard InChI is InChI=1S/C87H84N4O8/c1-9-13-47-88(48-14-10-2)65-43-45-71-79(53-65)96-77-51-57(5)75(55-73(77)86(71)69-33-25-23-31-67(69)83(94)98-86)90(81(92)59-27-19-17-20-28-59)63-39-35-61(36-40-63)85(7,8)62-37-41-64(42-38-62)91(82(93)60-29-21-18-22-30-60)76-56-74-78(52-58(76)6)97-80-54-66(89(49-15-11-3)50-16-12-4)44-46-72(80)87(74)70-34-26-24-32-68(70)84(95)99-87/h17-46,51-56H,9-16,47-50H2,1-8H3. The van der Waals surface area contributed by atoms with Crippen LogP contribution in [0.2, 0.25) is 0 Å². The van der Waals surface area contributed by atoms with E-state index in [9.17, 15) is 9.59 Å². The molecule has 500 valence electrons. The van der Waals surface area contributed by atoms with Gasteiger partial charge in [0.05, 0.1) is 22.5 Å². The normalized spacial score (nSPS) is 15.9. The van der Waals surface area contributed by atoms with Crippen LogP contribution in [0.25, 0.3) is 0 Å². The first kappa shape index (κ1) is 65.6. The van der Waals surface area contributed by atoms with Gasteiger partial charge in [0, 0.05) is 111 Å². The van der Waals surface area contributed by atoms with Gasteiger partial charge in [0.15, 0.2) is 11.2 Å². The van der Waals surface area contributed by atoms with Gasteiger partial charge in [0.1, 0.15) is 23.0 Å². The number of aryl methyl sites for hydroxylation is 2. The average Bonchev–Trinajstić information content (AvgIpc) is 1.66. The Bertz CT molecular complexity index is 4430. The number of carbonyl (C=O) groups excluding carboxylic acids is 4. The summed E-state index contributed by atoms with van der Waals surface area (Å²) in [6.45, 7) is 20.8. The van der Waals surface area contributed by atoms with Gasteiger partial charge in [0.25, 0.3) is 11.8 Å². The minimum atomic E-state index is -1.38. The molecule has 2 atom stereocenters. The molecule has 14 rings (SSSR count). The second-order valence-corrected chi connectivity index (χ2v) is 27.2. The number of anilines is 6. The van der Waals surface area contributed by atoms with Crippen LogP contribution in [0.4, 0.5) is 34.1 Å². The van der Waals surface area contributed by atoms with Crippen LogP contribution in [-0.4, -0.2) is 49.9 Å². The quantitative estimate of drug-likeness (QED) is 0.0607. The maximum atomic E-state index is 15.4. The fraction of sp³-hybridized carbons (Fsp3) is 0.264. The number of ether oxygens (including phenoxy) is 4. The summed E-state index contributed by atoms with van der Waals surface area (Å²) in [5.41, 5.74) is 10.7. The van der Waals surface area contributed by atoms with E-state index in [1.807, 2.05) is 172 Å². The number of esters is 2. The van der Waals surface area contributed by atoms with Crippen LogP contribution in [0.3, 0.4) is 0 Å². The lowest BCUT2D eigenvalue weighted by molar-refractivity contribution is 0.0214. The number of hydrogen-bond donors (Lipinski definition) is 0. The van der Waals surface area contributed by atoms with Gasteiger partial charge in [-0.2, -0.15) is 0 Å². The second-order valence-electron chi connectivity index (χ2n) is 27.2. The van der Waals surface area contributed by atoms with E-state index < -0.39 is 28.6 Å². The number of hydrogen-bond acceptors (Lipinski definition) is 10. The Balaban J connectivity index is 0.826. The summed E-state index contributed by atoms with van der Waals surface area (Å²) in [4.78, 5) is 67.6. The molecule has 10 aromatic rings. The highest BCUT2D eigenvalue weighted by Gasteiger charge is 2.56. The van der Waals surface area contributed by atoms with Crippen molar-refractivity contribution in [3.05, 3.63) is 296 Å². The Morgan fingerprint density at radius 2 is 0.707 bits per heavy atom. The van der Waals surface area contributed by atoms with E-state index in [2.05, 4.69) is 112 Å². The summed E-state index contributed by atoms with van der Waals surface area (Å²) < 4.78 is 27.5. The van der Waals surface area contributed by atoms with Crippen LogP contribution in [0.5, 0.6) is 23.0 Å². The third-order valence-electron chi connectivity index (χ3n) is 20.5. The average molecular weight is 1310 g/mol. The summed E-state index contributed by atoms with van der Waals surface area (Å²) in [6, 6.07) is 70.3. The van der Waals surface area contributed by atoms with Gasteiger partial charge in [-0.1, -0.05) is 164 Å². The minimum Gasteiger partial charge on any atom is -0.456 e. The lowest BCUT2D eigenvalue weighted by atomic mass is 9.77. The van der Waals surface area contributed by atoms with E-state index in [0.29, 0.717) is 101 Å². The molecule has 2 amide bonds. The van der Waals surface area contributed by atoms with Crippen molar-refractivity contribution in [3.8, 4) is 23.0 Å². The Morgan fingerprint density at radius 1 is 0.374 bits per heavy atom. The smallest absolute Gasteiger partial charge is 0.340 e. The zero-order valence-corrected chi connectivity index (χ0v) is 57.8. The fourth-order valence-corrected chi connectivity index (χ4v) is 15.0. The van der Waals surface area contributed by atoms with Crippen molar-refractivity contribution in [2.24, 2.45) is 0 Å². The highest BCUT2D eigenvalue weighted by Crippen LogP contribution is 2.60. The number of fused-ring (bicyclic) bond motifs is 12. The number of unbranched alkanes of at least 4 members (excludes halogenated alkanes) is 4. The Labute approximate surface area is 581 Å². The predicted molar refractivity (Wildman–Crippen MR) is 394 cm³/mol. The zero-order chi connectivity index (χ0) is 68.7. The third kappa shape index (κ3) is 11.5. The fourth-order valence-electron chi connectivity index (χ4n) is 15.0. The highest BCUT2D eigenvalue weighted by atomic mass is 16.6. The molecule has 0 bridgehead atoms. The van der Waals surface area contributed by atoms with E-state index in [-0.39, 0.29) is 11.8 Å². The molecular weight excluding hydrogens is 1230 g/mol. The Hall–Kier alpha value is -10.7. The van der Waals surface area contributed by atoms with Crippen LogP contribution in [-0.2, 0) is 26.1 Å². The molecule has 4 aliphatic rings. The Kier molecular flexibility index (Phi) is 17.8. The third-order valence-corrected chi connectivity index (χ3v) is 20.5. The maximum Gasteiger partial charge on any atom is 0.340 e. The van der Waals surface area contributed by atoms with Gasteiger partial charge in [0.2, 0.25) is 0 Å². The summed E-state index contributed by atoms with van der Waals surface area (Å²) in [5, 5.41) is 0. The van der Waals surface area contributed by atoms with E-state index in [1.165, 1.54) is 0 Å². The largest absolute Gasteiger partial charge is 0.456 e. The van der Waals surface area contributed by atoms with Crippen LogP contribution in [0.1, 0.15) is 190 Å². The van der Waals surface area contributed by atoms with Crippen LogP contribution in [0, 0.1) is 13.8 Å². The first-order valence-corrected chi connectivity index (χ1v) is 35.2. The molecular formula is C87H84N4O8. The summed E-state index contributed by atoms with van der Waals surface area (Å²) in [7, 11) is 0. The molecule has 12 nitrogen and oxygen atoms in total. The van der Waals surface area contributed by atoms with Crippen molar-refractivity contribution in [1.29, 1.82) is 0 Å². The van der Waals surface area contributed by atoms with Gasteiger partial charge in [-0.15, -0.1) is 0 Å². The van der Waals surface area contributed by atoms with Crippen molar-refractivity contribution >= 4 is 57.9 Å². The van der Waals surface area contributed by atoms with Gasteiger partial charge in [-0.05, 0) is 171 Å². The number of rotatable bonds is 22. The Morgan fingerprint density at radius 3 is 1.07 bits per heavy atom.